The minimum atomic E-state index is 0.914. The topological polar surface area (TPSA) is 12.4 Å². The first-order valence-electron chi connectivity index (χ1n) is 3.05. The average molecular weight is 123 g/mol. The summed E-state index contributed by atoms with van der Waals surface area (Å²) in [6.07, 6.45) is 3.00. The minimum absolute atomic E-state index is 0.914. The molecule has 0 aromatic carbocycles. The van der Waals surface area contributed by atoms with Crippen LogP contribution in [0.3, 0.4) is 0 Å². The Morgan fingerprint density at radius 3 is 2.33 bits per heavy atom. The molecule has 0 rings (SSSR count). The predicted molar refractivity (Wildman–Crippen MR) is 42.7 cm³/mol. The fourth-order valence-electron chi connectivity index (χ4n) is 0.567. The second kappa shape index (κ2) is 4.07. The predicted octanol–water partition coefficient (Wildman–Crippen LogP) is 2.56. The van der Waals surface area contributed by atoms with Gasteiger partial charge in [-0.1, -0.05) is 19.6 Å². The van der Waals surface area contributed by atoms with Crippen LogP contribution in [0, 0.1) is 0 Å². The summed E-state index contributed by atoms with van der Waals surface area (Å²) >= 11 is 0. The summed E-state index contributed by atoms with van der Waals surface area (Å²) in [6.45, 7) is 11.2. The highest BCUT2D eigenvalue weighted by Gasteiger charge is 1.88. The van der Waals surface area contributed by atoms with Crippen LogP contribution >= 0.6 is 0 Å². The summed E-state index contributed by atoms with van der Waals surface area (Å²) in [5.41, 5.74) is 1.89. The fourth-order valence-corrected chi connectivity index (χ4v) is 0.567. The molecule has 0 spiro atoms. The molecule has 9 heavy (non-hydrogen) atoms. The normalized spacial score (nSPS) is 11.1. The molecule has 0 amide bonds. The van der Waals surface area contributed by atoms with Crippen molar-refractivity contribution >= 4 is 6.72 Å². The van der Waals surface area contributed by atoms with Crippen LogP contribution in [-0.4, -0.2) is 6.72 Å². The van der Waals surface area contributed by atoms with E-state index in [9.17, 15) is 0 Å². The van der Waals surface area contributed by atoms with Crippen LogP contribution in [0.1, 0.15) is 20.3 Å². The lowest BCUT2D eigenvalue weighted by Gasteiger charge is -1.95. The third-order valence-electron chi connectivity index (χ3n) is 1.01. The Balaban J connectivity index is 4.14. The molecule has 0 N–H and O–H groups in total. The van der Waals surface area contributed by atoms with Crippen LogP contribution in [0.15, 0.2) is 28.9 Å². The first-order chi connectivity index (χ1) is 4.22. The van der Waals surface area contributed by atoms with Crippen molar-refractivity contribution in [1.29, 1.82) is 0 Å². The van der Waals surface area contributed by atoms with Crippen molar-refractivity contribution in [3.8, 4) is 0 Å². The van der Waals surface area contributed by atoms with Gasteiger partial charge in [0.1, 0.15) is 0 Å². The Bertz CT molecular complexity index is 143. The molecule has 0 atom stereocenters. The molecule has 1 nitrogen and oxygen atoms in total. The molecule has 0 fully saturated rings. The number of hydrogen-bond acceptors (Lipinski definition) is 1. The first-order valence-corrected chi connectivity index (χ1v) is 3.05. The SMILES string of the molecule is C=NC(=CCC)C(=C)C. The smallest absolute Gasteiger partial charge is 0.0605 e. The molecule has 0 aliphatic carbocycles. The van der Waals surface area contributed by atoms with Crippen molar-refractivity contribution in [2.24, 2.45) is 4.99 Å². The van der Waals surface area contributed by atoms with Crippen LogP contribution < -0.4 is 0 Å². The van der Waals surface area contributed by atoms with Gasteiger partial charge >= 0.3 is 0 Å². The highest BCUT2D eigenvalue weighted by molar-refractivity contribution is 5.36. The Morgan fingerprint density at radius 2 is 2.22 bits per heavy atom. The molecule has 0 unspecified atom stereocenters. The summed E-state index contributed by atoms with van der Waals surface area (Å²) in [6, 6.07) is 0. The van der Waals surface area contributed by atoms with Gasteiger partial charge in [-0.15, -0.1) is 0 Å². The molecule has 0 aliphatic rings. The number of hydrogen-bond donors (Lipinski definition) is 0. The average Bonchev–Trinajstić information content (AvgIpc) is 1.82. The molecule has 0 saturated carbocycles. The van der Waals surface area contributed by atoms with Gasteiger partial charge in [-0.05, 0) is 25.6 Å². The lowest BCUT2D eigenvalue weighted by Crippen LogP contribution is -1.76. The third kappa shape index (κ3) is 2.85. The van der Waals surface area contributed by atoms with Gasteiger partial charge in [0.25, 0.3) is 0 Å². The summed E-state index contributed by atoms with van der Waals surface area (Å²) < 4.78 is 0. The zero-order chi connectivity index (χ0) is 7.28. The van der Waals surface area contributed by atoms with E-state index in [4.69, 9.17) is 0 Å². The lowest BCUT2D eigenvalue weighted by atomic mass is 10.2. The van der Waals surface area contributed by atoms with Crippen molar-refractivity contribution in [2.45, 2.75) is 20.3 Å². The maximum absolute atomic E-state index is 3.79. The maximum Gasteiger partial charge on any atom is 0.0605 e. The second-order valence-electron chi connectivity index (χ2n) is 1.94. The molecule has 0 saturated heterocycles. The van der Waals surface area contributed by atoms with Gasteiger partial charge in [-0.2, -0.15) is 0 Å². The van der Waals surface area contributed by atoms with Crippen LogP contribution in [0.2, 0.25) is 0 Å². The number of aliphatic imine (C=N–C) groups is 1. The van der Waals surface area contributed by atoms with E-state index in [1.165, 1.54) is 0 Å². The molecule has 0 aromatic rings. The highest BCUT2D eigenvalue weighted by Crippen LogP contribution is 2.07. The van der Waals surface area contributed by atoms with Crippen LogP contribution in [-0.2, 0) is 0 Å². The molecular formula is C8H13N. The van der Waals surface area contributed by atoms with Crippen molar-refractivity contribution in [3.05, 3.63) is 23.9 Å². The van der Waals surface area contributed by atoms with Gasteiger partial charge in [0, 0.05) is 0 Å². The summed E-state index contributed by atoms with van der Waals surface area (Å²) in [5, 5.41) is 0. The van der Waals surface area contributed by atoms with Crippen molar-refractivity contribution in [2.75, 3.05) is 0 Å². The van der Waals surface area contributed by atoms with Crippen molar-refractivity contribution in [3.63, 3.8) is 0 Å². The molecule has 0 bridgehead atoms. The van der Waals surface area contributed by atoms with E-state index in [2.05, 4.69) is 25.2 Å². The van der Waals surface area contributed by atoms with Gasteiger partial charge in [0.15, 0.2) is 0 Å². The standard InChI is InChI=1S/C8H13N/c1-5-6-8(9-4)7(2)3/h6H,2,4-5H2,1,3H3. The molecule has 1 heteroatoms. The monoisotopic (exact) mass is 123 g/mol. The second-order valence-corrected chi connectivity index (χ2v) is 1.94. The Labute approximate surface area is 56.8 Å². The molecule has 0 aliphatic heterocycles. The van der Waals surface area contributed by atoms with E-state index in [0.29, 0.717) is 0 Å². The largest absolute Gasteiger partial charge is 0.265 e. The molecule has 0 aromatic heterocycles. The summed E-state index contributed by atoms with van der Waals surface area (Å²) in [7, 11) is 0. The molecule has 0 radical (unpaired) electrons. The quantitative estimate of drug-likeness (QED) is 0.404. The molecule has 0 heterocycles. The highest BCUT2D eigenvalue weighted by atomic mass is 14.7. The van der Waals surface area contributed by atoms with Gasteiger partial charge in [0.05, 0.1) is 5.70 Å². The van der Waals surface area contributed by atoms with E-state index in [0.717, 1.165) is 17.7 Å². The van der Waals surface area contributed by atoms with Gasteiger partial charge in [-0.3, -0.25) is 4.99 Å². The lowest BCUT2D eigenvalue weighted by molar-refractivity contribution is 1.16. The van der Waals surface area contributed by atoms with Gasteiger partial charge < -0.3 is 0 Å². The Kier molecular flexibility index (Phi) is 3.69. The van der Waals surface area contributed by atoms with Crippen LogP contribution in [0.5, 0.6) is 0 Å². The van der Waals surface area contributed by atoms with Crippen LogP contribution in [0.25, 0.3) is 0 Å². The van der Waals surface area contributed by atoms with E-state index < -0.39 is 0 Å². The zero-order valence-corrected chi connectivity index (χ0v) is 6.15. The van der Waals surface area contributed by atoms with Gasteiger partial charge in [-0.25, -0.2) is 0 Å². The number of nitrogens with zero attached hydrogens (tertiary/aromatic N) is 1. The Morgan fingerprint density at radius 1 is 1.67 bits per heavy atom. The summed E-state index contributed by atoms with van der Waals surface area (Å²) in [5.74, 6) is 0. The molecule has 50 valence electrons. The van der Waals surface area contributed by atoms with E-state index in [1.54, 1.807) is 0 Å². The van der Waals surface area contributed by atoms with Crippen LogP contribution in [0.4, 0.5) is 0 Å². The minimum Gasteiger partial charge on any atom is -0.265 e. The van der Waals surface area contributed by atoms with Crippen molar-refractivity contribution < 1.29 is 0 Å². The van der Waals surface area contributed by atoms with E-state index >= 15 is 0 Å². The maximum atomic E-state index is 3.79. The van der Waals surface area contributed by atoms with E-state index in [-0.39, 0.29) is 0 Å². The zero-order valence-electron chi connectivity index (χ0n) is 6.15. The first kappa shape index (κ1) is 8.15. The number of rotatable bonds is 3. The fraction of sp³-hybridized carbons (Fsp3) is 0.375. The van der Waals surface area contributed by atoms with Gasteiger partial charge in [0.2, 0.25) is 0 Å². The van der Waals surface area contributed by atoms with Crippen molar-refractivity contribution in [1.82, 2.24) is 0 Å². The summed E-state index contributed by atoms with van der Waals surface area (Å²) in [4.78, 5) is 3.79. The Hall–Kier alpha value is -0.850. The number of allylic oxidation sites excluding steroid dienone is 2. The van der Waals surface area contributed by atoms with E-state index in [1.807, 2.05) is 13.0 Å². The molecular weight excluding hydrogens is 110 g/mol. The third-order valence-corrected chi connectivity index (χ3v) is 1.01.